The molecule has 2 aromatic rings. The minimum Gasteiger partial charge on any atom is -0.370 e. The van der Waals surface area contributed by atoms with E-state index in [1.807, 2.05) is 0 Å². The van der Waals surface area contributed by atoms with Crippen molar-refractivity contribution in [1.29, 1.82) is 0 Å². The number of alkyl halides is 1. The van der Waals surface area contributed by atoms with E-state index in [-0.39, 0.29) is 5.91 Å². The first kappa shape index (κ1) is 24.5. The molecule has 0 unspecified atom stereocenters. The van der Waals surface area contributed by atoms with Gasteiger partial charge in [0.2, 0.25) is 5.91 Å². The Morgan fingerprint density at radius 1 is 1.13 bits per heavy atom. The molecule has 0 aliphatic rings. The molecule has 1 aromatic heterocycles. The number of carbonyl (C=O) groups excluding carboxylic acids is 1. The zero-order chi connectivity index (χ0) is 21.8. The van der Waals surface area contributed by atoms with Crippen LogP contribution in [-0.4, -0.2) is 39.6 Å². The van der Waals surface area contributed by atoms with Crippen LogP contribution in [0.4, 0.5) is 5.69 Å². The minimum atomic E-state index is -0.302. The number of hydroxylamine groups is 1. The number of nitrogens with zero attached hydrogens (tertiary/aromatic N) is 3. The third-order valence-electron chi connectivity index (χ3n) is 5.64. The molecule has 2 rings (SSSR count). The smallest absolute Gasteiger partial charge is 0.243 e. The van der Waals surface area contributed by atoms with Crippen molar-refractivity contribution in [1.82, 2.24) is 15.0 Å². The third kappa shape index (κ3) is 7.47. The number of unbranched alkanes of at least 4 members (excludes halogenated alkanes) is 6. The molecule has 1 amide bonds. The van der Waals surface area contributed by atoms with Gasteiger partial charge < -0.3 is 9.47 Å². The monoisotopic (exact) mass is 436 g/mol. The molecule has 1 heterocycles. The number of aromatic nitrogens is 2. The Labute approximate surface area is 185 Å². The van der Waals surface area contributed by atoms with Crippen LogP contribution < -0.4 is 10.4 Å². The second-order valence-corrected chi connectivity index (χ2v) is 8.32. The summed E-state index contributed by atoms with van der Waals surface area (Å²) < 4.78 is 2.20. The fourth-order valence-corrected chi connectivity index (χ4v) is 4.04. The maximum absolute atomic E-state index is 11.0. The van der Waals surface area contributed by atoms with Crippen molar-refractivity contribution in [2.24, 2.45) is 7.05 Å². The van der Waals surface area contributed by atoms with Crippen molar-refractivity contribution < 1.29 is 10.0 Å². The van der Waals surface area contributed by atoms with E-state index >= 15 is 0 Å². The van der Waals surface area contributed by atoms with Crippen molar-refractivity contribution in [2.75, 3.05) is 23.9 Å². The van der Waals surface area contributed by atoms with E-state index < -0.39 is 0 Å². The topological polar surface area (TPSA) is 70.4 Å². The van der Waals surface area contributed by atoms with Crippen LogP contribution in [0.1, 0.15) is 70.5 Å². The van der Waals surface area contributed by atoms with Gasteiger partial charge in [0, 0.05) is 44.5 Å². The van der Waals surface area contributed by atoms with E-state index in [4.69, 9.17) is 21.8 Å². The lowest BCUT2D eigenvalue weighted by Crippen LogP contribution is -2.26. The Morgan fingerprint density at radius 2 is 1.90 bits per heavy atom. The van der Waals surface area contributed by atoms with Crippen LogP contribution in [-0.2, 0) is 18.3 Å². The van der Waals surface area contributed by atoms with Gasteiger partial charge in [0.15, 0.2) is 0 Å². The highest BCUT2D eigenvalue weighted by atomic mass is 35.5. The average molecular weight is 437 g/mol. The fourth-order valence-electron chi connectivity index (χ4n) is 3.84. The number of carbonyl (C=O) groups is 1. The highest BCUT2D eigenvalue weighted by Crippen LogP contribution is 2.24. The van der Waals surface area contributed by atoms with Gasteiger partial charge in [-0.05, 0) is 37.5 Å². The van der Waals surface area contributed by atoms with Crippen LogP contribution >= 0.6 is 11.6 Å². The van der Waals surface area contributed by atoms with Gasteiger partial charge in [-0.25, -0.2) is 10.5 Å². The van der Waals surface area contributed by atoms with E-state index in [1.54, 1.807) is 5.48 Å². The Balaban J connectivity index is 1.90. The van der Waals surface area contributed by atoms with Crippen LogP contribution in [0.3, 0.4) is 0 Å². The molecule has 0 fully saturated rings. The lowest BCUT2D eigenvalue weighted by molar-refractivity contribution is -0.129. The summed E-state index contributed by atoms with van der Waals surface area (Å²) in [6.45, 7) is 4.12. The second kappa shape index (κ2) is 13.5. The molecule has 0 spiro atoms. The summed E-state index contributed by atoms with van der Waals surface area (Å²) in [6, 6.07) is 6.56. The summed E-state index contributed by atoms with van der Waals surface area (Å²) in [7, 11) is 2.09. The van der Waals surface area contributed by atoms with Gasteiger partial charge in [-0.1, -0.05) is 39.0 Å². The van der Waals surface area contributed by atoms with Crippen molar-refractivity contribution in [2.45, 2.75) is 71.1 Å². The number of hydrogen-bond donors (Lipinski definition) is 2. The van der Waals surface area contributed by atoms with Crippen LogP contribution in [0.2, 0.25) is 0 Å². The Bertz CT molecular complexity index is 778. The van der Waals surface area contributed by atoms with E-state index in [0.29, 0.717) is 12.3 Å². The molecular weight excluding hydrogens is 400 g/mol. The molecule has 0 saturated heterocycles. The van der Waals surface area contributed by atoms with Crippen LogP contribution in [0.5, 0.6) is 0 Å². The summed E-state index contributed by atoms with van der Waals surface area (Å²) in [4.78, 5) is 18.3. The average Bonchev–Trinajstić information content (AvgIpc) is 3.07. The van der Waals surface area contributed by atoms with Crippen LogP contribution in [0.15, 0.2) is 18.2 Å². The maximum atomic E-state index is 11.0. The Kier molecular flexibility index (Phi) is 11.0. The molecule has 2 N–H and O–H groups in total. The van der Waals surface area contributed by atoms with E-state index in [1.165, 1.54) is 30.5 Å². The molecule has 0 atom stereocenters. The van der Waals surface area contributed by atoms with Crippen LogP contribution in [0.25, 0.3) is 11.0 Å². The molecule has 0 bridgehead atoms. The number of benzene rings is 1. The lowest BCUT2D eigenvalue weighted by Gasteiger charge is -2.24. The Morgan fingerprint density at radius 3 is 2.63 bits per heavy atom. The van der Waals surface area contributed by atoms with Crippen molar-refractivity contribution in [3.8, 4) is 0 Å². The fraction of sp³-hybridized carbons (Fsp3) is 0.652. The standard InChI is InChI=1S/C23H37ClN4O2/c1-3-4-10-16-28(17-15-24)19-13-14-21-20(18-19)25-22(27(21)2)11-8-6-5-7-9-12-23(29)26-30/h13-14,18,30H,3-12,15-17H2,1-2H3,(H,26,29). The predicted octanol–water partition coefficient (Wildman–Crippen LogP) is 5.20. The molecule has 6 nitrogen and oxygen atoms in total. The largest absolute Gasteiger partial charge is 0.370 e. The van der Waals surface area contributed by atoms with E-state index in [2.05, 4.69) is 41.6 Å². The van der Waals surface area contributed by atoms with Crippen molar-refractivity contribution >= 4 is 34.2 Å². The first-order valence-electron chi connectivity index (χ1n) is 11.3. The predicted molar refractivity (Wildman–Crippen MR) is 125 cm³/mol. The number of amides is 1. The third-order valence-corrected chi connectivity index (χ3v) is 5.81. The second-order valence-electron chi connectivity index (χ2n) is 7.95. The summed E-state index contributed by atoms with van der Waals surface area (Å²) in [5.41, 5.74) is 5.10. The molecule has 0 aliphatic heterocycles. The minimum absolute atomic E-state index is 0.302. The molecule has 0 radical (unpaired) electrons. The van der Waals surface area contributed by atoms with Gasteiger partial charge >= 0.3 is 0 Å². The summed E-state index contributed by atoms with van der Waals surface area (Å²) in [5, 5.41) is 8.49. The van der Waals surface area contributed by atoms with Gasteiger partial charge in [0.1, 0.15) is 5.82 Å². The maximum Gasteiger partial charge on any atom is 0.243 e. The first-order chi connectivity index (χ1) is 14.6. The number of fused-ring (bicyclic) bond motifs is 1. The first-order valence-corrected chi connectivity index (χ1v) is 11.8. The van der Waals surface area contributed by atoms with Gasteiger partial charge in [0.05, 0.1) is 11.0 Å². The Hall–Kier alpha value is -1.79. The van der Waals surface area contributed by atoms with Crippen LogP contribution in [0, 0.1) is 0 Å². The van der Waals surface area contributed by atoms with Gasteiger partial charge in [-0.2, -0.15) is 0 Å². The zero-order valence-corrected chi connectivity index (χ0v) is 19.3. The van der Waals surface area contributed by atoms with Gasteiger partial charge in [-0.15, -0.1) is 11.6 Å². The number of rotatable bonds is 15. The number of imidazole rings is 1. The number of aryl methyl sites for hydroxylation is 2. The number of halogens is 1. The van der Waals surface area contributed by atoms with Crippen molar-refractivity contribution in [3.05, 3.63) is 24.0 Å². The zero-order valence-electron chi connectivity index (χ0n) is 18.5. The van der Waals surface area contributed by atoms with E-state index in [9.17, 15) is 4.79 Å². The molecule has 168 valence electrons. The highest BCUT2D eigenvalue weighted by molar-refractivity contribution is 6.18. The quantitative estimate of drug-likeness (QED) is 0.174. The highest BCUT2D eigenvalue weighted by Gasteiger charge is 2.11. The molecule has 30 heavy (non-hydrogen) atoms. The molecule has 7 heteroatoms. The van der Waals surface area contributed by atoms with Gasteiger partial charge in [-0.3, -0.25) is 10.0 Å². The number of hydrogen-bond acceptors (Lipinski definition) is 4. The van der Waals surface area contributed by atoms with E-state index in [0.717, 1.165) is 63.0 Å². The summed E-state index contributed by atoms with van der Waals surface area (Å²) >= 11 is 6.04. The molecular formula is C23H37ClN4O2. The SMILES string of the molecule is CCCCCN(CCCl)c1ccc2c(c1)nc(CCCCCCCC(=O)NO)n2C. The molecule has 0 saturated carbocycles. The lowest BCUT2D eigenvalue weighted by atomic mass is 10.1. The molecule has 0 aliphatic carbocycles. The molecule has 1 aromatic carbocycles. The summed E-state index contributed by atoms with van der Waals surface area (Å²) in [6.07, 6.45) is 10.1. The summed E-state index contributed by atoms with van der Waals surface area (Å²) in [5.74, 6) is 1.45. The van der Waals surface area contributed by atoms with Crippen molar-refractivity contribution in [3.63, 3.8) is 0 Å². The van der Waals surface area contributed by atoms with Gasteiger partial charge in [0.25, 0.3) is 0 Å². The normalized spacial score (nSPS) is 11.2. The number of anilines is 1. The number of nitrogens with one attached hydrogen (secondary N) is 1.